The third-order valence-corrected chi connectivity index (χ3v) is 4.24. The highest BCUT2D eigenvalue weighted by atomic mass is 16.5. The first kappa shape index (κ1) is 14.9. The van der Waals surface area contributed by atoms with Gasteiger partial charge in [-0.1, -0.05) is 32.0 Å². The molecule has 1 atom stereocenters. The molecule has 0 spiro atoms. The molecule has 0 fully saturated rings. The number of para-hydroxylation sites is 1. The number of pyridine rings is 1. The van der Waals surface area contributed by atoms with E-state index in [1.54, 1.807) is 7.11 Å². The Hall–Kier alpha value is -1.49. The molecule has 4 nitrogen and oxygen atoms in total. The Morgan fingerprint density at radius 1 is 1.30 bits per heavy atom. The Labute approximate surface area is 120 Å². The van der Waals surface area contributed by atoms with Gasteiger partial charge < -0.3 is 4.74 Å². The maximum Gasteiger partial charge on any atom is 0.0880 e. The molecule has 108 valence electrons. The van der Waals surface area contributed by atoms with Gasteiger partial charge in [0, 0.05) is 18.7 Å². The summed E-state index contributed by atoms with van der Waals surface area (Å²) < 4.78 is 5.79. The SMILES string of the molecule is CCC(CC)(OC)C(NN)c1cnc2ccccc2c1. The number of aromatic nitrogens is 1. The van der Waals surface area contributed by atoms with Crippen molar-refractivity contribution >= 4 is 10.9 Å². The van der Waals surface area contributed by atoms with Gasteiger partial charge in [-0.2, -0.15) is 0 Å². The molecule has 0 radical (unpaired) electrons. The topological polar surface area (TPSA) is 60.2 Å². The van der Waals surface area contributed by atoms with E-state index in [0.717, 1.165) is 29.3 Å². The molecule has 1 aromatic carbocycles. The number of hydrogen-bond donors (Lipinski definition) is 2. The van der Waals surface area contributed by atoms with Crippen molar-refractivity contribution in [2.45, 2.75) is 38.3 Å². The van der Waals surface area contributed by atoms with Crippen molar-refractivity contribution < 1.29 is 4.74 Å². The number of hydrogen-bond acceptors (Lipinski definition) is 4. The number of benzene rings is 1. The lowest BCUT2D eigenvalue weighted by atomic mass is 9.84. The van der Waals surface area contributed by atoms with Crippen LogP contribution < -0.4 is 11.3 Å². The van der Waals surface area contributed by atoms with Crippen molar-refractivity contribution in [2.75, 3.05) is 7.11 Å². The van der Waals surface area contributed by atoms with Crippen molar-refractivity contribution in [3.8, 4) is 0 Å². The van der Waals surface area contributed by atoms with Gasteiger partial charge >= 0.3 is 0 Å². The zero-order valence-electron chi connectivity index (χ0n) is 12.4. The van der Waals surface area contributed by atoms with E-state index in [1.807, 2.05) is 24.4 Å². The summed E-state index contributed by atoms with van der Waals surface area (Å²) in [7, 11) is 1.74. The highest BCUT2D eigenvalue weighted by Crippen LogP contribution is 2.34. The van der Waals surface area contributed by atoms with Crippen LogP contribution in [0.15, 0.2) is 36.5 Å². The molecule has 0 aliphatic rings. The van der Waals surface area contributed by atoms with Gasteiger partial charge in [-0.05, 0) is 30.5 Å². The molecule has 0 aliphatic heterocycles. The van der Waals surface area contributed by atoms with Crippen LogP contribution in [0, 0.1) is 0 Å². The van der Waals surface area contributed by atoms with E-state index in [9.17, 15) is 0 Å². The van der Waals surface area contributed by atoms with Crippen LogP contribution in [0.5, 0.6) is 0 Å². The van der Waals surface area contributed by atoms with E-state index in [-0.39, 0.29) is 11.6 Å². The number of nitrogens with one attached hydrogen (secondary N) is 1. The molecule has 20 heavy (non-hydrogen) atoms. The molecule has 2 aromatic rings. The van der Waals surface area contributed by atoms with E-state index in [2.05, 4.69) is 36.4 Å². The van der Waals surface area contributed by atoms with Crippen LogP contribution in [-0.4, -0.2) is 17.7 Å². The predicted octanol–water partition coefficient (Wildman–Crippen LogP) is 2.94. The van der Waals surface area contributed by atoms with Gasteiger partial charge in [0.15, 0.2) is 0 Å². The molecule has 0 amide bonds. The minimum atomic E-state index is -0.321. The highest BCUT2D eigenvalue weighted by Gasteiger charge is 2.36. The van der Waals surface area contributed by atoms with Crippen LogP contribution in [0.4, 0.5) is 0 Å². The molecular formula is C16H23N3O. The zero-order chi connectivity index (χ0) is 14.6. The number of fused-ring (bicyclic) bond motifs is 1. The second-order valence-corrected chi connectivity index (χ2v) is 5.04. The quantitative estimate of drug-likeness (QED) is 0.627. The van der Waals surface area contributed by atoms with Crippen LogP contribution in [0.1, 0.15) is 38.3 Å². The average molecular weight is 273 g/mol. The Morgan fingerprint density at radius 3 is 2.60 bits per heavy atom. The smallest absolute Gasteiger partial charge is 0.0880 e. The van der Waals surface area contributed by atoms with Gasteiger partial charge in [-0.25, -0.2) is 0 Å². The van der Waals surface area contributed by atoms with Gasteiger partial charge in [0.1, 0.15) is 0 Å². The lowest BCUT2D eigenvalue weighted by molar-refractivity contribution is -0.0487. The zero-order valence-corrected chi connectivity index (χ0v) is 12.4. The van der Waals surface area contributed by atoms with Crippen LogP contribution in [-0.2, 0) is 4.74 Å². The van der Waals surface area contributed by atoms with Crippen molar-refractivity contribution in [1.29, 1.82) is 0 Å². The lowest BCUT2D eigenvalue weighted by Crippen LogP contribution is -2.47. The predicted molar refractivity (Wildman–Crippen MR) is 82.1 cm³/mol. The van der Waals surface area contributed by atoms with Gasteiger partial charge in [0.25, 0.3) is 0 Å². The highest BCUT2D eigenvalue weighted by molar-refractivity contribution is 5.78. The summed E-state index contributed by atoms with van der Waals surface area (Å²) in [4.78, 5) is 4.52. The van der Waals surface area contributed by atoms with Gasteiger partial charge in [0.05, 0.1) is 17.2 Å². The maximum absolute atomic E-state index is 5.80. The van der Waals surface area contributed by atoms with Crippen LogP contribution >= 0.6 is 0 Å². The third-order valence-electron chi connectivity index (χ3n) is 4.24. The number of rotatable bonds is 6. The van der Waals surface area contributed by atoms with Crippen LogP contribution in [0.3, 0.4) is 0 Å². The van der Waals surface area contributed by atoms with E-state index in [0.29, 0.717) is 0 Å². The van der Waals surface area contributed by atoms with Gasteiger partial charge in [-0.15, -0.1) is 0 Å². The van der Waals surface area contributed by atoms with Crippen molar-refractivity contribution in [2.24, 2.45) is 5.84 Å². The van der Waals surface area contributed by atoms with Crippen LogP contribution in [0.2, 0.25) is 0 Å². The van der Waals surface area contributed by atoms with Crippen molar-refractivity contribution in [3.63, 3.8) is 0 Å². The van der Waals surface area contributed by atoms with E-state index >= 15 is 0 Å². The molecule has 0 aliphatic carbocycles. The van der Waals surface area contributed by atoms with Crippen molar-refractivity contribution in [1.82, 2.24) is 10.4 Å². The molecule has 1 unspecified atom stereocenters. The molecule has 4 heteroatoms. The molecule has 0 saturated heterocycles. The summed E-state index contributed by atoms with van der Waals surface area (Å²) >= 11 is 0. The maximum atomic E-state index is 5.80. The first-order chi connectivity index (χ1) is 9.70. The molecular weight excluding hydrogens is 250 g/mol. The molecule has 3 N–H and O–H groups in total. The number of nitrogens with zero attached hydrogens (tertiary/aromatic N) is 1. The second-order valence-electron chi connectivity index (χ2n) is 5.04. The lowest BCUT2D eigenvalue weighted by Gasteiger charge is -2.38. The Kier molecular flexibility index (Phi) is 4.70. The minimum Gasteiger partial charge on any atom is -0.376 e. The molecule has 1 heterocycles. The Morgan fingerprint density at radius 2 is 2.00 bits per heavy atom. The molecule has 1 aromatic heterocycles. The largest absolute Gasteiger partial charge is 0.376 e. The summed E-state index contributed by atoms with van der Waals surface area (Å²) in [5.41, 5.74) is 4.63. The van der Waals surface area contributed by atoms with E-state index in [1.165, 1.54) is 0 Å². The Balaban J connectivity index is 2.48. The summed E-state index contributed by atoms with van der Waals surface area (Å²) in [5.74, 6) is 5.80. The first-order valence-electron chi connectivity index (χ1n) is 7.06. The summed E-state index contributed by atoms with van der Waals surface area (Å²) in [5, 5.41) is 1.11. The normalized spacial score (nSPS) is 13.6. The first-order valence-corrected chi connectivity index (χ1v) is 7.06. The van der Waals surface area contributed by atoms with E-state index < -0.39 is 0 Å². The molecule has 0 bridgehead atoms. The van der Waals surface area contributed by atoms with Crippen LogP contribution in [0.25, 0.3) is 10.9 Å². The number of hydrazine groups is 1. The monoisotopic (exact) mass is 273 g/mol. The number of nitrogens with two attached hydrogens (primary N) is 1. The second kappa shape index (κ2) is 6.31. The Bertz CT molecular complexity index is 558. The number of methoxy groups -OCH3 is 1. The van der Waals surface area contributed by atoms with E-state index in [4.69, 9.17) is 10.6 Å². The van der Waals surface area contributed by atoms with Crippen molar-refractivity contribution in [3.05, 3.63) is 42.1 Å². The third kappa shape index (κ3) is 2.54. The molecule has 2 rings (SSSR count). The summed E-state index contributed by atoms with van der Waals surface area (Å²) in [6.45, 7) is 4.23. The summed E-state index contributed by atoms with van der Waals surface area (Å²) in [6.07, 6.45) is 3.63. The van der Waals surface area contributed by atoms with Gasteiger partial charge in [-0.3, -0.25) is 16.3 Å². The van der Waals surface area contributed by atoms with Gasteiger partial charge in [0.2, 0.25) is 0 Å². The number of ether oxygens (including phenoxy) is 1. The standard InChI is InChI=1S/C16H23N3O/c1-4-16(5-2,20-3)15(19-17)13-10-12-8-6-7-9-14(12)18-11-13/h6-11,15,19H,4-5,17H2,1-3H3. The summed E-state index contributed by atoms with van der Waals surface area (Å²) in [6, 6.07) is 10.1. The minimum absolute atomic E-state index is 0.0837. The average Bonchev–Trinajstić information content (AvgIpc) is 2.52. The fourth-order valence-electron chi connectivity index (χ4n) is 2.86. The molecule has 0 saturated carbocycles. The fraction of sp³-hybridized carbons (Fsp3) is 0.438. The fourth-order valence-corrected chi connectivity index (χ4v) is 2.86.